The molecular weight excluding hydrogens is 494 g/mol. The summed E-state index contributed by atoms with van der Waals surface area (Å²) in [7, 11) is 0. The lowest BCUT2D eigenvalue weighted by Crippen LogP contribution is -2.16. The Morgan fingerprint density at radius 2 is 2.06 bits per heavy atom. The van der Waals surface area contributed by atoms with E-state index in [1.54, 1.807) is 13.0 Å². The maximum absolute atomic E-state index is 12.9. The highest BCUT2D eigenvalue weighted by Gasteiger charge is 2.22. The number of benzene rings is 1. The molecule has 0 radical (unpaired) electrons. The third-order valence-corrected chi connectivity index (χ3v) is 6.31. The van der Waals surface area contributed by atoms with E-state index >= 15 is 0 Å². The Kier molecular flexibility index (Phi) is 6.09. The third kappa shape index (κ3) is 4.70. The van der Waals surface area contributed by atoms with Gasteiger partial charge in [-0.05, 0) is 54.4 Å². The zero-order valence-electron chi connectivity index (χ0n) is 18.1. The van der Waals surface area contributed by atoms with Crippen molar-refractivity contribution in [3.63, 3.8) is 0 Å². The number of aryl methyl sites for hydroxylation is 2. The fourth-order valence-corrected chi connectivity index (χ4v) is 3.67. The first-order chi connectivity index (χ1) is 15.7. The van der Waals surface area contributed by atoms with E-state index in [2.05, 4.69) is 36.6 Å². The van der Waals surface area contributed by atoms with Gasteiger partial charge in [-0.25, -0.2) is 0 Å². The van der Waals surface area contributed by atoms with E-state index in [0.717, 1.165) is 27.6 Å². The summed E-state index contributed by atoms with van der Waals surface area (Å²) in [6.45, 7) is 6.25. The number of hydrogen-bond acceptors (Lipinski definition) is 7. The van der Waals surface area contributed by atoms with Crippen LogP contribution in [0.3, 0.4) is 0 Å². The normalized spacial score (nSPS) is 11.0. The zero-order chi connectivity index (χ0) is 23.7. The van der Waals surface area contributed by atoms with Gasteiger partial charge < -0.3 is 9.84 Å². The Hall–Kier alpha value is -3.80. The van der Waals surface area contributed by atoms with Gasteiger partial charge in [0.2, 0.25) is 0 Å². The van der Waals surface area contributed by atoms with Crippen LogP contribution in [-0.2, 0) is 13.1 Å². The molecule has 11 nitrogen and oxygen atoms in total. The van der Waals surface area contributed by atoms with Gasteiger partial charge in [-0.1, -0.05) is 17.3 Å². The van der Waals surface area contributed by atoms with Crippen LogP contribution in [0.5, 0.6) is 0 Å². The number of carbonyl (C=O) groups excluding carboxylic acids is 1. The van der Waals surface area contributed by atoms with Crippen LogP contribution in [0.1, 0.15) is 38.8 Å². The van der Waals surface area contributed by atoms with Crippen molar-refractivity contribution in [2.24, 2.45) is 0 Å². The van der Waals surface area contributed by atoms with Gasteiger partial charge in [-0.15, -0.1) is 0 Å². The number of nitro groups is 1. The lowest BCUT2D eigenvalue weighted by atomic mass is 10.1. The summed E-state index contributed by atoms with van der Waals surface area (Å²) < 4.78 is 9.44. The highest BCUT2D eigenvalue weighted by Crippen LogP contribution is 2.22. The smallest absolute Gasteiger partial charge is 0.307 e. The molecule has 0 saturated heterocycles. The number of rotatable bonds is 7. The van der Waals surface area contributed by atoms with E-state index < -0.39 is 10.8 Å². The molecule has 0 spiro atoms. The van der Waals surface area contributed by atoms with Crippen LogP contribution >= 0.6 is 15.9 Å². The molecule has 12 heteroatoms. The fourth-order valence-electron chi connectivity index (χ4n) is 3.39. The van der Waals surface area contributed by atoms with Crippen molar-refractivity contribution in [2.75, 3.05) is 5.32 Å². The van der Waals surface area contributed by atoms with Crippen LogP contribution in [0.15, 0.2) is 45.7 Å². The van der Waals surface area contributed by atoms with Crippen molar-refractivity contribution >= 4 is 33.2 Å². The van der Waals surface area contributed by atoms with E-state index in [0.29, 0.717) is 23.6 Å². The first-order valence-corrected chi connectivity index (χ1v) is 10.7. The Morgan fingerprint density at radius 3 is 2.73 bits per heavy atom. The molecule has 0 fully saturated rings. The summed E-state index contributed by atoms with van der Waals surface area (Å²) in [6, 6.07) is 7.45. The Bertz CT molecular complexity index is 1350. The van der Waals surface area contributed by atoms with E-state index in [-0.39, 0.29) is 17.9 Å². The van der Waals surface area contributed by atoms with Crippen LogP contribution in [-0.4, -0.2) is 35.5 Å². The van der Waals surface area contributed by atoms with E-state index in [1.807, 2.05) is 36.7 Å². The predicted octanol–water partition coefficient (Wildman–Crippen LogP) is 4.01. The number of aromatic nitrogens is 5. The highest BCUT2D eigenvalue weighted by molar-refractivity contribution is 9.10. The lowest BCUT2D eigenvalue weighted by molar-refractivity contribution is -0.385. The molecule has 0 unspecified atom stereocenters. The first kappa shape index (κ1) is 22.4. The maximum atomic E-state index is 12.9. The van der Waals surface area contributed by atoms with E-state index in [1.165, 1.54) is 10.9 Å². The summed E-state index contributed by atoms with van der Waals surface area (Å²) in [5, 5.41) is 26.1. The molecule has 4 aromatic rings. The molecule has 0 aliphatic heterocycles. The Labute approximate surface area is 196 Å². The minimum absolute atomic E-state index is 0.0959. The number of amides is 1. The van der Waals surface area contributed by atoms with Crippen molar-refractivity contribution in [1.29, 1.82) is 0 Å². The molecule has 4 rings (SSSR count). The van der Waals surface area contributed by atoms with Crippen LogP contribution < -0.4 is 5.32 Å². The SMILES string of the molecule is Cc1nn(Cc2cccc(NC(=O)c3noc(C)c3Cn3cc([N+](=O)[O-])cn3)c2)c(C)c1Br. The van der Waals surface area contributed by atoms with Gasteiger partial charge in [0.1, 0.15) is 18.2 Å². The predicted molar refractivity (Wildman–Crippen MR) is 122 cm³/mol. The molecule has 0 bridgehead atoms. The molecule has 0 aliphatic carbocycles. The van der Waals surface area contributed by atoms with Crippen LogP contribution in [0.2, 0.25) is 0 Å². The molecular formula is C21H20BrN7O4. The van der Waals surface area contributed by atoms with Crippen LogP contribution in [0.25, 0.3) is 0 Å². The molecule has 0 aliphatic rings. The van der Waals surface area contributed by atoms with E-state index in [4.69, 9.17) is 4.52 Å². The van der Waals surface area contributed by atoms with E-state index in [9.17, 15) is 14.9 Å². The second-order valence-electron chi connectivity index (χ2n) is 7.52. The van der Waals surface area contributed by atoms with Gasteiger partial charge >= 0.3 is 5.69 Å². The monoisotopic (exact) mass is 513 g/mol. The number of halogens is 1. The second-order valence-corrected chi connectivity index (χ2v) is 8.31. The van der Waals surface area contributed by atoms with Crippen molar-refractivity contribution < 1.29 is 14.2 Å². The summed E-state index contributed by atoms with van der Waals surface area (Å²) >= 11 is 3.53. The van der Waals surface area contributed by atoms with Crippen molar-refractivity contribution in [1.82, 2.24) is 24.7 Å². The fraction of sp³-hybridized carbons (Fsp3) is 0.238. The standard InChI is InChI=1S/C21H20BrN7O4/c1-12-19(22)13(2)28(25-12)9-15-5-4-6-16(7-15)24-21(30)20-18(14(3)33-26-20)11-27-10-17(8-23-27)29(31)32/h4-8,10H,9,11H2,1-3H3,(H,24,30). The van der Waals surface area contributed by atoms with Gasteiger partial charge in [0.25, 0.3) is 5.91 Å². The van der Waals surface area contributed by atoms with Crippen LogP contribution in [0, 0.1) is 30.9 Å². The van der Waals surface area contributed by atoms with Crippen molar-refractivity contribution in [3.8, 4) is 0 Å². The summed E-state index contributed by atoms with van der Waals surface area (Å²) in [4.78, 5) is 23.3. The van der Waals surface area contributed by atoms with Gasteiger partial charge in [0.05, 0.1) is 33.9 Å². The lowest BCUT2D eigenvalue weighted by Gasteiger charge is -2.09. The summed E-state index contributed by atoms with van der Waals surface area (Å²) in [6.07, 6.45) is 2.43. The average molecular weight is 514 g/mol. The first-order valence-electron chi connectivity index (χ1n) is 9.94. The molecule has 1 N–H and O–H groups in total. The summed E-state index contributed by atoms with van der Waals surface area (Å²) in [5.41, 5.74) is 3.94. The van der Waals surface area contributed by atoms with Crippen LogP contribution in [0.4, 0.5) is 11.4 Å². The minimum Gasteiger partial charge on any atom is -0.361 e. The molecule has 0 atom stereocenters. The second kappa shape index (κ2) is 8.98. The van der Waals surface area contributed by atoms with Gasteiger partial charge in [-0.2, -0.15) is 10.2 Å². The zero-order valence-corrected chi connectivity index (χ0v) is 19.7. The van der Waals surface area contributed by atoms with Gasteiger partial charge in [0, 0.05) is 11.3 Å². The molecule has 170 valence electrons. The highest BCUT2D eigenvalue weighted by atomic mass is 79.9. The molecule has 0 saturated carbocycles. The number of hydrogen-bond donors (Lipinski definition) is 1. The van der Waals surface area contributed by atoms with Gasteiger partial charge in [-0.3, -0.25) is 24.3 Å². The maximum Gasteiger partial charge on any atom is 0.307 e. The molecule has 3 heterocycles. The quantitative estimate of drug-likeness (QED) is 0.291. The Morgan fingerprint density at radius 1 is 1.27 bits per heavy atom. The number of nitrogens with zero attached hydrogens (tertiary/aromatic N) is 6. The average Bonchev–Trinajstić information content (AvgIpc) is 3.45. The number of carbonyl (C=O) groups is 1. The Balaban J connectivity index is 1.51. The largest absolute Gasteiger partial charge is 0.361 e. The number of anilines is 1. The topological polar surface area (TPSA) is 134 Å². The molecule has 33 heavy (non-hydrogen) atoms. The minimum atomic E-state index is -0.532. The van der Waals surface area contributed by atoms with Crippen molar-refractivity contribution in [3.05, 3.63) is 85.2 Å². The third-order valence-electron chi connectivity index (χ3n) is 5.16. The molecule has 1 aromatic carbocycles. The molecule has 1 amide bonds. The van der Waals surface area contributed by atoms with Crippen molar-refractivity contribution in [2.45, 2.75) is 33.9 Å². The number of nitrogens with one attached hydrogen (secondary N) is 1. The molecule has 3 aromatic heterocycles. The summed E-state index contributed by atoms with van der Waals surface area (Å²) in [5.74, 6) is -0.0170. The van der Waals surface area contributed by atoms with Gasteiger partial charge in [0.15, 0.2) is 5.69 Å².